The second-order valence-electron chi connectivity index (χ2n) is 9.33. The fourth-order valence-corrected chi connectivity index (χ4v) is 6.44. The highest BCUT2D eigenvalue weighted by Gasteiger charge is 2.53. The van der Waals surface area contributed by atoms with Gasteiger partial charge in [-0.05, 0) is 70.0 Å². The lowest BCUT2D eigenvalue weighted by atomic mass is 9.69. The van der Waals surface area contributed by atoms with Gasteiger partial charge in [-0.25, -0.2) is 0 Å². The minimum Gasteiger partial charge on any atom is -0.493 e. The smallest absolute Gasteiger partial charge is 0.166 e. The summed E-state index contributed by atoms with van der Waals surface area (Å²) in [4.78, 5) is 5.24. The molecule has 30 heavy (non-hydrogen) atoms. The Hall–Kier alpha value is -1.08. The maximum Gasteiger partial charge on any atom is 0.166 e. The predicted octanol–water partition coefficient (Wildman–Crippen LogP) is 3.86. The van der Waals surface area contributed by atoms with Gasteiger partial charge < -0.3 is 19.5 Å². The van der Waals surface area contributed by atoms with E-state index in [1.807, 2.05) is 6.08 Å². The number of methoxy groups -OCH3 is 1. The van der Waals surface area contributed by atoms with Crippen molar-refractivity contribution < 1.29 is 14.6 Å². The Labute approximate surface area is 188 Å². The molecule has 6 heteroatoms. The van der Waals surface area contributed by atoms with E-state index in [0.717, 1.165) is 42.0 Å². The van der Waals surface area contributed by atoms with Gasteiger partial charge in [-0.15, -0.1) is 0 Å². The average molecular weight is 477 g/mol. The van der Waals surface area contributed by atoms with Crippen molar-refractivity contribution in [1.82, 2.24) is 9.80 Å². The fourth-order valence-electron chi connectivity index (χ4n) is 5.91. The quantitative estimate of drug-likeness (QED) is 0.653. The molecule has 3 aliphatic heterocycles. The standard InChI is InChI=1S/C24H33BrN2O3/c1-29-20-15-19(25)18-16-27(12-5-11-26-9-3-2-4-10-26)13-8-24-7-6-17(28)14-21(24)30-23(20)22(18)24/h6-7,15,17,21,28H,2-5,8-14,16H2,1H3/t17-,21-,24-/m1/s1. The SMILES string of the molecule is COc1cc(Br)c2c3c1O[C@@H]1C[C@H](O)C=C[C@]31CCN(CCCN1CCCCC1)C2. The number of aliphatic hydroxyl groups is 1. The molecular weight excluding hydrogens is 444 g/mol. The molecule has 1 aromatic rings. The van der Waals surface area contributed by atoms with Crippen molar-refractivity contribution in [3.8, 4) is 11.5 Å². The van der Waals surface area contributed by atoms with Crippen molar-refractivity contribution in [2.75, 3.05) is 39.8 Å². The van der Waals surface area contributed by atoms with Crippen molar-refractivity contribution in [3.05, 3.63) is 33.8 Å². The van der Waals surface area contributed by atoms with Crippen LogP contribution in [-0.2, 0) is 12.0 Å². The minimum atomic E-state index is -0.434. The third-order valence-electron chi connectivity index (χ3n) is 7.51. The van der Waals surface area contributed by atoms with E-state index < -0.39 is 6.10 Å². The molecule has 1 aliphatic carbocycles. The fraction of sp³-hybridized carbons (Fsp3) is 0.667. The van der Waals surface area contributed by atoms with Crippen molar-refractivity contribution in [3.63, 3.8) is 0 Å². The Kier molecular flexibility index (Phi) is 5.86. The normalized spacial score (nSPS) is 31.0. The summed E-state index contributed by atoms with van der Waals surface area (Å²) < 4.78 is 13.2. The summed E-state index contributed by atoms with van der Waals surface area (Å²) in [5.74, 6) is 1.67. The molecule has 3 atom stereocenters. The highest BCUT2D eigenvalue weighted by Crippen LogP contribution is 2.57. The van der Waals surface area contributed by atoms with Gasteiger partial charge in [-0.3, -0.25) is 4.90 Å². The first kappa shape index (κ1) is 20.8. The van der Waals surface area contributed by atoms with Gasteiger partial charge >= 0.3 is 0 Å². The third kappa shape index (κ3) is 3.60. The Balaban J connectivity index is 1.41. The van der Waals surface area contributed by atoms with Crippen LogP contribution in [0, 0.1) is 0 Å². The molecule has 4 aliphatic rings. The molecule has 1 saturated heterocycles. The number of likely N-dealkylation sites (tertiary alicyclic amines) is 1. The van der Waals surface area contributed by atoms with Crippen molar-refractivity contribution in [1.29, 1.82) is 0 Å². The van der Waals surface area contributed by atoms with E-state index in [1.165, 1.54) is 56.4 Å². The zero-order chi connectivity index (χ0) is 20.7. The first-order valence-corrected chi connectivity index (χ1v) is 12.3. The van der Waals surface area contributed by atoms with Crippen LogP contribution in [0.2, 0.25) is 0 Å². The second-order valence-corrected chi connectivity index (χ2v) is 10.2. The van der Waals surface area contributed by atoms with Gasteiger partial charge in [-0.2, -0.15) is 0 Å². The van der Waals surface area contributed by atoms with Crippen LogP contribution in [0.1, 0.15) is 49.7 Å². The van der Waals surface area contributed by atoms with Gasteiger partial charge in [0.1, 0.15) is 6.10 Å². The highest BCUT2D eigenvalue weighted by molar-refractivity contribution is 9.10. The van der Waals surface area contributed by atoms with Crippen LogP contribution in [-0.4, -0.2) is 66.9 Å². The third-order valence-corrected chi connectivity index (χ3v) is 8.22. The van der Waals surface area contributed by atoms with E-state index in [-0.39, 0.29) is 11.5 Å². The molecule has 5 nitrogen and oxygen atoms in total. The van der Waals surface area contributed by atoms with Gasteiger partial charge in [-0.1, -0.05) is 34.5 Å². The Bertz CT molecular complexity index is 823. The summed E-state index contributed by atoms with van der Waals surface area (Å²) in [6, 6.07) is 2.05. The molecule has 0 aromatic heterocycles. The number of ether oxygens (including phenoxy) is 2. The Morgan fingerprint density at radius 3 is 2.80 bits per heavy atom. The van der Waals surface area contributed by atoms with Gasteiger partial charge in [0.15, 0.2) is 11.5 Å². The van der Waals surface area contributed by atoms with Gasteiger partial charge in [0, 0.05) is 23.0 Å². The lowest BCUT2D eigenvalue weighted by Crippen LogP contribution is -2.43. The predicted molar refractivity (Wildman–Crippen MR) is 121 cm³/mol. The molecule has 164 valence electrons. The topological polar surface area (TPSA) is 45.2 Å². The van der Waals surface area contributed by atoms with E-state index in [4.69, 9.17) is 9.47 Å². The van der Waals surface area contributed by atoms with Gasteiger partial charge in [0.25, 0.3) is 0 Å². The van der Waals surface area contributed by atoms with Crippen molar-refractivity contribution in [2.45, 2.75) is 62.7 Å². The largest absolute Gasteiger partial charge is 0.493 e. The van der Waals surface area contributed by atoms with Crippen LogP contribution in [0.25, 0.3) is 0 Å². The maximum atomic E-state index is 10.3. The van der Waals surface area contributed by atoms with Gasteiger partial charge in [0.2, 0.25) is 0 Å². The molecule has 0 bridgehead atoms. The number of aliphatic hydroxyl groups excluding tert-OH is 1. The lowest BCUT2D eigenvalue weighted by molar-refractivity contribution is 0.0807. The summed E-state index contributed by atoms with van der Waals surface area (Å²) in [7, 11) is 1.71. The molecular formula is C24H33BrN2O3. The lowest BCUT2D eigenvalue weighted by Gasteiger charge is -2.36. The van der Waals surface area contributed by atoms with Crippen LogP contribution in [0.15, 0.2) is 22.7 Å². The zero-order valence-corrected chi connectivity index (χ0v) is 19.5. The molecule has 0 radical (unpaired) electrons. The first-order valence-electron chi connectivity index (χ1n) is 11.5. The van der Waals surface area contributed by atoms with Crippen molar-refractivity contribution in [2.24, 2.45) is 0 Å². The molecule has 0 saturated carbocycles. The van der Waals surface area contributed by atoms with Crippen LogP contribution >= 0.6 is 15.9 Å². The van der Waals surface area contributed by atoms with E-state index in [0.29, 0.717) is 6.42 Å². The summed E-state index contributed by atoms with van der Waals surface area (Å²) in [6.07, 6.45) is 10.7. The average Bonchev–Trinajstić information content (AvgIpc) is 2.98. The maximum absolute atomic E-state index is 10.3. The molecule has 3 heterocycles. The number of hydrogen-bond donors (Lipinski definition) is 1. The van der Waals surface area contributed by atoms with E-state index >= 15 is 0 Å². The molecule has 1 aromatic carbocycles. The van der Waals surface area contributed by atoms with Gasteiger partial charge in [0.05, 0.1) is 18.6 Å². The number of rotatable bonds is 5. The van der Waals surface area contributed by atoms with E-state index in [9.17, 15) is 5.11 Å². The van der Waals surface area contributed by atoms with Crippen LogP contribution < -0.4 is 9.47 Å². The summed E-state index contributed by atoms with van der Waals surface area (Å²) >= 11 is 3.84. The van der Waals surface area contributed by atoms with E-state index in [2.05, 4.69) is 37.9 Å². The molecule has 1 N–H and O–H groups in total. The minimum absolute atomic E-state index is 0.0252. The number of benzene rings is 1. The summed E-state index contributed by atoms with van der Waals surface area (Å²) in [5.41, 5.74) is 2.44. The monoisotopic (exact) mass is 476 g/mol. The summed E-state index contributed by atoms with van der Waals surface area (Å²) in [5, 5.41) is 10.3. The molecule has 1 spiro atoms. The summed E-state index contributed by atoms with van der Waals surface area (Å²) in [6.45, 7) is 6.85. The second kappa shape index (κ2) is 8.45. The molecule has 0 unspecified atom stereocenters. The van der Waals surface area contributed by atoms with Crippen LogP contribution in [0.4, 0.5) is 0 Å². The van der Waals surface area contributed by atoms with Crippen LogP contribution in [0.3, 0.4) is 0 Å². The molecule has 1 fully saturated rings. The Morgan fingerprint density at radius 2 is 2.00 bits per heavy atom. The molecule has 5 rings (SSSR count). The number of hydrogen-bond acceptors (Lipinski definition) is 5. The highest BCUT2D eigenvalue weighted by atomic mass is 79.9. The van der Waals surface area contributed by atoms with E-state index in [1.54, 1.807) is 7.11 Å². The molecule has 0 amide bonds. The first-order chi connectivity index (χ1) is 14.6. The number of halogens is 1. The number of piperidine rings is 1. The number of nitrogens with zero attached hydrogens (tertiary/aromatic N) is 2. The Morgan fingerprint density at radius 1 is 1.20 bits per heavy atom. The van der Waals surface area contributed by atoms with Crippen LogP contribution in [0.5, 0.6) is 11.5 Å². The zero-order valence-electron chi connectivity index (χ0n) is 17.9. The van der Waals surface area contributed by atoms with Crippen molar-refractivity contribution >= 4 is 15.9 Å².